The molecule has 0 aliphatic heterocycles. The summed E-state index contributed by atoms with van der Waals surface area (Å²) in [5.41, 5.74) is 0. The summed E-state index contributed by atoms with van der Waals surface area (Å²) >= 11 is 1.84. The molecule has 0 saturated heterocycles. The standard InChI is InChI=1S/C11H20N2S/c1-12-7-3-4-8-13(2)10-11-6-5-9-14-11/h5-6,9,12H,3-4,7-8,10H2,1-2H3. The van der Waals surface area contributed by atoms with Crippen LogP contribution in [-0.2, 0) is 6.54 Å². The molecule has 1 N–H and O–H groups in total. The van der Waals surface area contributed by atoms with Crippen LogP contribution in [0.5, 0.6) is 0 Å². The Balaban J connectivity index is 2.07. The van der Waals surface area contributed by atoms with Gasteiger partial charge in [0.15, 0.2) is 0 Å². The van der Waals surface area contributed by atoms with Crippen molar-refractivity contribution in [2.75, 3.05) is 27.2 Å². The maximum atomic E-state index is 3.17. The number of nitrogens with one attached hydrogen (secondary N) is 1. The van der Waals surface area contributed by atoms with Crippen molar-refractivity contribution in [3.63, 3.8) is 0 Å². The molecule has 1 aromatic heterocycles. The first-order valence-electron chi connectivity index (χ1n) is 5.18. The van der Waals surface area contributed by atoms with Gasteiger partial charge in [-0.05, 0) is 51.5 Å². The Kier molecular flexibility index (Phi) is 5.83. The van der Waals surface area contributed by atoms with E-state index in [-0.39, 0.29) is 0 Å². The lowest BCUT2D eigenvalue weighted by atomic mass is 10.3. The third-order valence-electron chi connectivity index (χ3n) is 2.22. The number of thiophene rings is 1. The first-order chi connectivity index (χ1) is 6.83. The highest BCUT2D eigenvalue weighted by Gasteiger charge is 2.00. The molecule has 0 atom stereocenters. The zero-order valence-corrected chi connectivity index (χ0v) is 9.94. The van der Waals surface area contributed by atoms with Crippen LogP contribution in [0.15, 0.2) is 17.5 Å². The summed E-state index contributed by atoms with van der Waals surface area (Å²) < 4.78 is 0. The minimum Gasteiger partial charge on any atom is -0.320 e. The lowest BCUT2D eigenvalue weighted by Crippen LogP contribution is -2.19. The molecule has 0 aliphatic rings. The van der Waals surface area contributed by atoms with Crippen LogP contribution in [0.4, 0.5) is 0 Å². The number of nitrogens with zero attached hydrogens (tertiary/aromatic N) is 1. The molecule has 1 heterocycles. The van der Waals surface area contributed by atoms with Gasteiger partial charge in [-0.1, -0.05) is 6.07 Å². The average molecular weight is 212 g/mol. The minimum atomic E-state index is 1.09. The molecule has 0 saturated carbocycles. The van der Waals surface area contributed by atoms with Crippen molar-refractivity contribution in [3.05, 3.63) is 22.4 Å². The van der Waals surface area contributed by atoms with Crippen molar-refractivity contribution in [1.29, 1.82) is 0 Å². The summed E-state index contributed by atoms with van der Waals surface area (Å²) in [4.78, 5) is 3.85. The van der Waals surface area contributed by atoms with E-state index >= 15 is 0 Å². The van der Waals surface area contributed by atoms with Crippen LogP contribution in [0.2, 0.25) is 0 Å². The van der Waals surface area contributed by atoms with Crippen molar-refractivity contribution in [2.24, 2.45) is 0 Å². The second kappa shape index (κ2) is 6.98. The smallest absolute Gasteiger partial charge is 0.0324 e. The van der Waals surface area contributed by atoms with Crippen LogP contribution < -0.4 is 5.32 Å². The monoisotopic (exact) mass is 212 g/mol. The van der Waals surface area contributed by atoms with Gasteiger partial charge >= 0.3 is 0 Å². The Morgan fingerprint density at radius 3 is 2.93 bits per heavy atom. The minimum absolute atomic E-state index is 1.09. The van der Waals surface area contributed by atoms with Crippen LogP contribution in [0.25, 0.3) is 0 Å². The van der Waals surface area contributed by atoms with Crippen molar-refractivity contribution in [1.82, 2.24) is 10.2 Å². The fourth-order valence-corrected chi connectivity index (χ4v) is 2.22. The zero-order valence-electron chi connectivity index (χ0n) is 9.12. The SMILES string of the molecule is CNCCCCN(C)Cc1cccs1. The van der Waals surface area contributed by atoms with Crippen molar-refractivity contribution in [3.8, 4) is 0 Å². The van der Waals surface area contributed by atoms with Gasteiger partial charge in [-0.3, -0.25) is 0 Å². The molecule has 14 heavy (non-hydrogen) atoms. The third kappa shape index (κ3) is 4.74. The molecule has 0 amide bonds. The Bertz CT molecular complexity index is 221. The summed E-state index contributed by atoms with van der Waals surface area (Å²) in [7, 11) is 4.20. The molecule has 0 bridgehead atoms. The molecule has 0 aromatic carbocycles. The predicted molar refractivity (Wildman–Crippen MR) is 63.8 cm³/mol. The van der Waals surface area contributed by atoms with E-state index in [2.05, 4.69) is 34.8 Å². The summed E-state index contributed by atoms with van der Waals surface area (Å²) in [5.74, 6) is 0. The average Bonchev–Trinajstić information content (AvgIpc) is 2.65. The Labute approximate surface area is 90.9 Å². The number of rotatable bonds is 7. The zero-order chi connectivity index (χ0) is 10.2. The summed E-state index contributed by atoms with van der Waals surface area (Å²) in [6.45, 7) is 3.42. The van der Waals surface area contributed by atoms with Gasteiger partial charge in [0, 0.05) is 11.4 Å². The number of hydrogen-bond acceptors (Lipinski definition) is 3. The Morgan fingerprint density at radius 1 is 1.43 bits per heavy atom. The fourth-order valence-electron chi connectivity index (χ4n) is 1.43. The van der Waals surface area contributed by atoms with Crippen molar-refractivity contribution < 1.29 is 0 Å². The topological polar surface area (TPSA) is 15.3 Å². The van der Waals surface area contributed by atoms with E-state index in [1.165, 1.54) is 24.3 Å². The quantitative estimate of drug-likeness (QED) is 0.697. The van der Waals surface area contributed by atoms with Crippen LogP contribution >= 0.6 is 11.3 Å². The largest absolute Gasteiger partial charge is 0.320 e. The highest BCUT2D eigenvalue weighted by molar-refractivity contribution is 7.09. The summed E-state index contributed by atoms with van der Waals surface area (Å²) in [5, 5.41) is 5.31. The summed E-state index contributed by atoms with van der Waals surface area (Å²) in [6.07, 6.45) is 2.55. The van der Waals surface area contributed by atoms with Crippen LogP contribution in [-0.4, -0.2) is 32.1 Å². The normalized spacial score (nSPS) is 11.1. The number of hydrogen-bond donors (Lipinski definition) is 1. The van der Waals surface area contributed by atoms with E-state index < -0.39 is 0 Å². The lowest BCUT2D eigenvalue weighted by Gasteiger charge is -2.15. The van der Waals surface area contributed by atoms with Crippen LogP contribution in [0.3, 0.4) is 0 Å². The van der Waals surface area contributed by atoms with E-state index in [1.54, 1.807) is 0 Å². The molecule has 1 rings (SSSR count). The highest BCUT2D eigenvalue weighted by Crippen LogP contribution is 2.10. The van der Waals surface area contributed by atoms with Crippen LogP contribution in [0.1, 0.15) is 17.7 Å². The van der Waals surface area contributed by atoms with E-state index in [0.29, 0.717) is 0 Å². The van der Waals surface area contributed by atoms with Crippen LogP contribution in [0, 0.1) is 0 Å². The maximum absolute atomic E-state index is 3.17. The molecule has 0 aliphatic carbocycles. The summed E-state index contributed by atoms with van der Waals surface area (Å²) in [6, 6.07) is 4.32. The van der Waals surface area contributed by atoms with Gasteiger partial charge in [0.1, 0.15) is 0 Å². The van der Waals surface area contributed by atoms with E-state index in [9.17, 15) is 0 Å². The predicted octanol–water partition coefficient (Wildman–Crippen LogP) is 2.18. The van der Waals surface area contributed by atoms with Gasteiger partial charge in [-0.2, -0.15) is 0 Å². The third-order valence-corrected chi connectivity index (χ3v) is 3.08. The molecule has 0 fully saturated rings. The second-order valence-electron chi connectivity index (χ2n) is 3.63. The number of unbranched alkanes of at least 4 members (excludes halogenated alkanes) is 1. The molecular formula is C11H20N2S. The van der Waals surface area contributed by atoms with Gasteiger partial charge in [0.2, 0.25) is 0 Å². The Hall–Kier alpha value is -0.380. The van der Waals surface area contributed by atoms with E-state index in [0.717, 1.165) is 13.1 Å². The van der Waals surface area contributed by atoms with Gasteiger partial charge in [0.05, 0.1) is 0 Å². The maximum Gasteiger partial charge on any atom is 0.0324 e. The van der Waals surface area contributed by atoms with Crippen molar-refractivity contribution in [2.45, 2.75) is 19.4 Å². The molecule has 3 heteroatoms. The molecule has 0 unspecified atom stereocenters. The van der Waals surface area contributed by atoms with Gasteiger partial charge in [-0.25, -0.2) is 0 Å². The highest BCUT2D eigenvalue weighted by atomic mass is 32.1. The van der Waals surface area contributed by atoms with E-state index in [1.807, 2.05) is 18.4 Å². The molecule has 2 nitrogen and oxygen atoms in total. The van der Waals surface area contributed by atoms with Gasteiger partial charge in [0.25, 0.3) is 0 Å². The molecule has 0 spiro atoms. The molecular weight excluding hydrogens is 192 g/mol. The first kappa shape index (κ1) is 11.7. The molecule has 1 aromatic rings. The van der Waals surface area contributed by atoms with Gasteiger partial charge in [-0.15, -0.1) is 11.3 Å². The first-order valence-corrected chi connectivity index (χ1v) is 6.06. The van der Waals surface area contributed by atoms with Crippen molar-refractivity contribution >= 4 is 11.3 Å². The lowest BCUT2D eigenvalue weighted by molar-refractivity contribution is 0.321. The van der Waals surface area contributed by atoms with Gasteiger partial charge < -0.3 is 10.2 Å². The Morgan fingerprint density at radius 2 is 2.29 bits per heavy atom. The second-order valence-corrected chi connectivity index (χ2v) is 4.66. The van der Waals surface area contributed by atoms with E-state index in [4.69, 9.17) is 0 Å². The fraction of sp³-hybridized carbons (Fsp3) is 0.636. The molecule has 0 radical (unpaired) electrons. The molecule has 80 valence electrons.